The van der Waals surface area contributed by atoms with Crippen LogP contribution >= 0.6 is 0 Å². The Bertz CT molecular complexity index is 1610. The fourth-order valence-electron chi connectivity index (χ4n) is 5.06. The molecule has 2 aromatic carbocycles. The molecule has 0 bridgehead atoms. The number of aromatic hydroxyl groups is 4. The van der Waals surface area contributed by atoms with Crippen molar-refractivity contribution >= 4 is 11.0 Å². The van der Waals surface area contributed by atoms with Crippen molar-refractivity contribution in [3.05, 3.63) is 34.5 Å². The maximum atomic E-state index is 13.8. The van der Waals surface area contributed by atoms with Crippen LogP contribution in [0.15, 0.2) is 33.5 Å². The molecule has 45 heavy (non-hydrogen) atoms. The van der Waals surface area contributed by atoms with E-state index >= 15 is 0 Å². The predicted molar refractivity (Wildman–Crippen MR) is 147 cm³/mol. The van der Waals surface area contributed by atoms with Gasteiger partial charge in [-0.3, -0.25) is 4.79 Å². The monoisotopic (exact) mass is 640 g/mol. The number of aliphatic hydroxyl groups excluding tert-OH is 6. The summed E-state index contributed by atoms with van der Waals surface area (Å²) in [4.78, 5) is 13.8. The Balaban J connectivity index is 1.51. The van der Waals surface area contributed by atoms with Crippen molar-refractivity contribution in [3.8, 4) is 45.8 Å². The Morgan fingerprint density at radius 3 is 2.09 bits per heavy atom. The number of fused-ring (bicyclic) bond motifs is 1. The van der Waals surface area contributed by atoms with Crippen LogP contribution in [0, 0.1) is 0 Å². The molecule has 3 aromatic rings. The predicted octanol–water partition coefficient (Wildman–Crippen LogP) is -1.68. The molecule has 2 aliphatic rings. The number of rotatable bonds is 7. The molecule has 0 radical (unpaired) electrons. The van der Waals surface area contributed by atoms with Gasteiger partial charge < -0.3 is 79.2 Å². The zero-order chi connectivity index (χ0) is 32.9. The van der Waals surface area contributed by atoms with Crippen molar-refractivity contribution in [2.75, 3.05) is 13.7 Å². The minimum atomic E-state index is -2.00. The molecule has 2 fully saturated rings. The van der Waals surface area contributed by atoms with E-state index in [0.717, 1.165) is 25.3 Å². The highest BCUT2D eigenvalue weighted by atomic mass is 16.7. The van der Waals surface area contributed by atoms with E-state index in [4.69, 9.17) is 28.1 Å². The molecule has 10 atom stereocenters. The van der Waals surface area contributed by atoms with Crippen LogP contribution in [0.4, 0.5) is 0 Å². The third kappa shape index (κ3) is 5.81. The van der Waals surface area contributed by atoms with Crippen molar-refractivity contribution in [2.45, 2.75) is 68.3 Å². The summed E-state index contributed by atoms with van der Waals surface area (Å²) in [5.41, 5.74) is -1.50. The lowest BCUT2D eigenvalue weighted by atomic mass is 9.98. The molecular weight excluding hydrogens is 608 g/mol. The summed E-state index contributed by atoms with van der Waals surface area (Å²) < 4.78 is 32.9. The summed E-state index contributed by atoms with van der Waals surface area (Å²) in [5.74, 6) is -4.20. The quantitative estimate of drug-likeness (QED) is 0.129. The third-order valence-electron chi connectivity index (χ3n) is 7.63. The molecular formula is C28H32O17. The number of aliphatic hydroxyl groups is 6. The van der Waals surface area contributed by atoms with Gasteiger partial charge in [0.1, 0.15) is 53.7 Å². The van der Waals surface area contributed by atoms with Gasteiger partial charge >= 0.3 is 0 Å². The van der Waals surface area contributed by atoms with Crippen molar-refractivity contribution in [1.82, 2.24) is 0 Å². The summed E-state index contributed by atoms with van der Waals surface area (Å²) >= 11 is 0. The van der Waals surface area contributed by atoms with E-state index in [0.29, 0.717) is 0 Å². The van der Waals surface area contributed by atoms with Gasteiger partial charge in [-0.25, -0.2) is 0 Å². The minimum Gasteiger partial charge on any atom is -0.504 e. The molecule has 1 aromatic heterocycles. The van der Waals surface area contributed by atoms with Crippen LogP contribution in [0.3, 0.4) is 0 Å². The first-order chi connectivity index (χ1) is 21.2. The molecule has 2 aliphatic heterocycles. The van der Waals surface area contributed by atoms with E-state index in [1.54, 1.807) is 0 Å². The standard InChI is InChI=1S/C28H32O17/c1-8-16(32)20(36)22(38)27(42-8)41-7-14-17(33)21(37)23(39)28(44-14)45-26-19(35)15-13(6-12(31)25(40-2)18(15)34)43-24(26)9-3-4-10(29)11(30)5-9/h3-6,8,14,16-17,20-23,27-34,36-39H,7H2,1-2H3/t8?,14?,16-,17+,20-,21?,22?,23?,27+,28-/m0/s1. The largest absolute Gasteiger partial charge is 0.504 e. The maximum absolute atomic E-state index is 13.8. The number of hydrogen-bond donors (Lipinski definition) is 10. The van der Waals surface area contributed by atoms with E-state index in [-0.39, 0.29) is 11.1 Å². The summed E-state index contributed by atoms with van der Waals surface area (Å²) in [6.45, 7) is 0.797. The molecule has 0 aliphatic carbocycles. The zero-order valence-corrected chi connectivity index (χ0v) is 23.6. The van der Waals surface area contributed by atoms with Crippen LogP contribution in [0.25, 0.3) is 22.3 Å². The molecule has 2 saturated heterocycles. The van der Waals surface area contributed by atoms with Crippen LogP contribution in [0.5, 0.6) is 34.5 Å². The van der Waals surface area contributed by atoms with Gasteiger partial charge in [-0.1, -0.05) is 0 Å². The first kappa shape index (κ1) is 32.5. The van der Waals surface area contributed by atoms with Crippen LogP contribution < -0.4 is 14.9 Å². The number of hydrogen-bond acceptors (Lipinski definition) is 17. The second-order valence-electron chi connectivity index (χ2n) is 10.6. The third-order valence-corrected chi connectivity index (χ3v) is 7.63. The van der Waals surface area contributed by atoms with Crippen molar-refractivity contribution in [3.63, 3.8) is 0 Å². The van der Waals surface area contributed by atoms with Gasteiger partial charge in [0, 0.05) is 11.6 Å². The molecule has 0 amide bonds. The van der Waals surface area contributed by atoms with E-state index in [2.05, 4.69) is 0 Å². The average Bonchev–Trinajstić information content (AvgIpc) is 3.00. The van der Waals surface area contributed by atoms with E-state index in [1.807, 2.05) is 0 Å². The van der Waals surface area contributed by atoms with Crippen molar-refractivity contribution in [1.29, 1.82) is 0 Å². The SMILES string of the molecule is COc1c(O)cc2oc(-c3ccc(O)c(O)c3)c(O[C@@H]3OC(CO[C@@H]4OC(C)[C@H](O)[C@H](O)C4O)[C@@H](O)C(O)C3O)c(=O)c2c1O. The molecule has 17 heteroatoms. The van der Waals surface area contributed by atoms with Gasteiger partial charge in [0.05, 0.1) is 19.8 Å². The summed E-state index contributed by atoms with van der Waals surface area (Å²) in [6.07, 6.45) is -16.3. The number of methoxy groups -OCH3 is 1. The second-order valence-corrected chi connectivity index (χ2v) is 10.6. The molecule has 10 N–H and O–H groups in total. The number of phenolic OH excluding ortho intramolecular Hbond substituents is 4. The van der Waals surface area contributed by atoms with Gasteiger partial charge in [0.25, 0.3) is 0 Å². The van der Waals surface area contributed by atoms with Crippen LogP contribution in [-0.4, -0.2) is 126 Å². The molecule has 5 rings (SSSR count). The first-order valence-corrected chi connectivity index (χ1v) is 13.5. The van der Waals surface area contributed by atoms with E-state index in [9.17, 15) is 55.9 Å². The fourth-order valence-corrected chi connectivity index (χ4v) is 5.06. The lowest BCUT2D eigenvalue weighted by molar-refractivity contribution is -0.318. The Morgan fingerprint density at radius 2 is 1.42 bits per heavy atom. The van der Waals surface area contributed by atoms with Gasteiger partial charge in [0.15, 0.2) is 35.0 Å². The Labute approximate surface area is 252 Å². The summed E-state index contributed by atoms with van der Waals surface area (Å²) in [5, 5.41) is 102. The summed E-state index contributed by atoms with van der Waals surface area (Å²) in [7, 11) is 1.12. The van der Waals surface area contributed by atoms with E-state index < -0.39 is 119 Å². The highest BCUT2D eigenvalue weighted by molar-refractivity contribution is 5.91. The second kappa shape index (κ2) is 12.5. The molecule has 5 unspecified atom stereocenters. The number of benzene rings is 2. The van der Waals surface area contributed by atoms with Crippen LogP contribution in [-0.2, 0) is 14.2 Å². The lowest BCUT2D eigenvalue weighted by Gasteiger charge is -2.42. The van der Waals surface area contributed by atoms with Crippen LogP contribution in [0.1, 0.15) is 6.92 Å². The normalized spacial score (nSPS) is 32.0. The van der Waals surface area contributed by atoms with Gasteiger partial charge in [-0.05, 0) is 25.1 Å². The molecule has 17 nitrogen and oxygen atoms in total. The summed E-state index contributed by atoms with van der Waals surface area (Å²) in [6, 6.07) is 4.27. The highest BCUT2D eigenvalue weighted by Gasteiger charge is 2.48. The number of phenols is 4. The van der Waals surface area contributed by atoms with Crippen molar-refractivity contribution < 1.29 is 79.2 Å². The van der Waals surface area contributed by atoms with Crippen molar-refractivity contribution in [2.24, 2.45) is 0 Å². The zero-order valence-electron chi connectivity index (χ0n) is 23.6. The Kier molecular flexibility index (Phi) is 9.00. The highest BCUT2D eigenvalue weighted by Crippen LogP contribution is 2.44. The minimum absolute atomic E-state index is 0.0573. The van der Waals surface area contributed by atoms with E-state index in [1.165, 1.54) is 13.0 Å². The smallest absolute Gasteiger partial charge is 0.239 e. The molecule has 246 valence electrons. The maximum Gasteiger partial charge on any atom is 0.239 e. The van der Waals surface area contributed by atoms with Gasteiger partial charge in [-0.15, -0.1) is 0 Å². The molecule has 3 heterocycles. The molecule has 0 saturated carbocycles. The topological polar surface area (TPSA) is 279 Å². The Morgan fingerprint density at radius 1 is 0.756 bits per heavy atom. The van der Waals surface area contributed by atoms with Crippen LogP contribution in [0.2, 0.25) is 0 Å². The number of ether oxygens (including phenoxy) is 5. The fraction of sp³-hybridized carbons (Fsp3) is 0.464. The van der Waals surface area contributed by atoms with Gasteiger partial charge in [-0.2, -0.15) is 0 Å². The molecule has 0 spiro atoms. The average molecular weight is 641 g/mol. The lowest BCUT2D eigenvalue weighted by Crippen LogP contribution is -2.61. The van der Waals surface area contributed by atoms with Gasteiger partial charge in [0.2, 0.25) is 23.2 Å². The Hall–Kier alpha value is -3.91. The first-order valence-electron chi connectivity index (χ1n) is 13.5.